The van der Waals surface area contributed by atoms with Crippen molar-refractivity contribution in [1.82, 2.24) is 0 Å². The van der Waals surface area contributed by atoms with E-state index in [9.17, 15) is 10.2 Å². The maximum Gasteiger partial charge on any atom is 0.103 e. The number of benzene rings is 1. The summed E-state index contributed by atoms with van der Waals surface area (Å²) in [6, 6.07) is 9.86. The quantitative estimate of drug-likeness (QED) is 0.835. The molecule has 1 heterocycles. The summed E-state index contributed by atoms with van der Waals surface area (Å²) in [5, 5.41) is 20.0. The number of ether oxygens (including phenoxy) is 2. The summed E-state index contributed by atoms with van der Waals surface area (Å²) in [6.07, 6.45) is 0.415. The first kappa shape index (κ1) is 15.4. The Morgan fingerprint density at radius 3 is 2.60 bits per heavy atom. The molecule has 0 aliphatic carbocycles. The molecule has 4 heteroatoms. The van der Waals surface area contributed by atoms with E-state index in [0.717, 1.165) is 18.4 Å². The second-order valence-electron chi connectivity index (χ2n) is 5.96. The van der Waals surface area contributed by atoms with Crippen molar-refractivity contribution in [1.29, 1.82) is 0 Å². The Hall–Kier alpha value is -0.940. The lowest BCUT2D eigenvalue weighted by atomic mass is 9.99. The highest BCUT2D eigenvalue weighted by atomic mass is 16.5. The molecule has 0 aromatic heterocycles. The molecule has 2 rings (SSSR count). The van der Waals surface area contributed by atoms with Crippen LogP contribution in [0.3, 0.4) is 0 Å². The lowest BCUT2D eigenvalue weighted by molar-refractivity contribution is -0.120. The molecule has 0 amide bonds. The van der Waals surface area contributed by atoms with Crippen LogP contribution in [-0.2, 0) is 16.1 Å². The summed E-state index contributed by atoms with van der Waals surface area (Å²) in [4.78, 5) is 0. The van der Waals surface area contributed by atoms with Gasteiger partial charge in [0.1, 0.15) is 6.10 Å². The number of aliphatic hydroxyl groups is 2. The molecule has 3 atom stereocenters. The van der Waals surface area contributed by atoms with Gasteiger partial charge in [-0.2, -0.15) is 0 Å². The van der Waals surface area contributed by atoms with Gasteiger partial charge in [-0.1, -0.05) is 30.3 Å². The van der Waals surface area contributed by atoms with Crippen LogP contribution < -0.4 is 0 Å². The Balaban J connectivity index is 1.72. The average Bonchev–Trinajstić information content (AvgIpc) is 2.89. The molecular formula is C16H24O4. The topological polar surface area (TPSA) is 58.9 Å². The van der Waals surface area contributed by atoms with Crippen LogP contribution in [0.2, 0.25) is 0 Å². The smallest absolute Gasteiger partial charge is 0.103 e. The minimum absolute atomic E-state index is 0.212. The normalized spacial score (nSPS) is 24.8. The van der Waals surface area contributed by atoms with E-state index in [1.807, 2.05) is 30.3 Å². The van der Waals surface area contributed by atoms with Crippen LogP contribution in [0, 0.1) is 0 Å². The van der Waals surface area contributed by atoms with E-state index in [0.29, 0.717) is 6.61 Å². The van der Waals surface area contributed by atoms with Crippen molar-refractivity contribution >= 4 is 0 Å². The predicted octanol–water partition coefficient (Wildman–Crippen LogP) is 1.88. The molecule has 0 bridgehead atoms. The molecule has 0 saturated carbocycles. The third-order valence-electron chi connectivity index (χ3n) is 3.67. The highest BCUT2D eigenvalue weighted by Crippen LogP contribution is 2.29. The Kier molecular flexibility index (Phi) is 5.16. The van der Waals surface area contributed by atoms with Gasteiger partial charge < -0.3 is 19.7 Å². The molecule has 20 heavy (non-hydrogen) atoms. The third-order valence-corrected chi connectivity index (χ3v) is 3.67. The van der Waals surface area contributed by atoms with Crippen LogP contribution in [0.15, 0.2) is 30.3 Å². The summed E-state index contributed by atoms with van der Waals surface area (Å²) in [5.74, 6) is 0. The number of aliphatic hydroxyl groups excluding tert-OH is 1. The van der Waals surface area contributed by atoms with Gasteiger partial charge in [0.2, 0.25) is 0 Å². The number of rotatable bonds is 6. The summed E-state index contributed by atoms with van der Waals surface area (Å²) in [6.45, 7) is 4.20. The second-order valence-corrected chi connectivity index (χ2v) is 5.96. The zero-order valence-corrected chi connectivity index (χ0v) is 12.2. The number of hydrogen-bond donors (Lipinski definition) is 2. The predicted molar refractivity (Wildman–Crippen MR) is 76.3 cm³/mol. The van der Waals surface area contributed by atoms with Crippen molar-refractivity contribution < 1.29 is 19.7 Å². The molecular weight excluding hydrogens is 256 g/mol. The molecule has 112 valence electrons. The van der Waals surface area contributed by atoms with E-state index in [-0.39, 0.29) is 18.8 Å². The molecule has 1 aromatic rings. The summed E-state index contributed by atoms with van der Waals surface area (Å²) < 4.78 is 11.2. The van der Waals surface area contributed by atoms with Crippen LogP contribution in [-0.4, -0.2) is 40.7 Å². The van der Waals surface area contributed by atoms with Gasteiger partial charge in [0.25, 0.3) is 0 Å². The fraction of sp³-hybridized carbons (Fsp3) is 0.625. The Morgan fingerprint density at radius 1 is 1.30 bits per heavy atom. The van der Waals surface area contributed by atoms with E-state index < -0.39 is 11.7 Å². The standard InChI is InChI=1S/C16H24O4/c1-16(2,18)15-9-8-14(20-15)13(17)11-19-10-12-6-4-3-5-7-12/h3-7,13-15,17-18H,8-11H2,1-2H3/t13-,14-,15-/m0/s1. The monoisotopic (exact) mass is 280 g/mol. The van der Waals surface area contributed by atoms with E-state index >= 15 is 0 Å². The minimum Gasteiger partial charge on any atom is -0.388 e. The van der Waals surface area contributed by atoms with E-state index in [2.05, 4.69) is 0 Å². The first-order chi connectivity index (χ1) is 9.47. The van der Waals surface area contributed by atoms with Crippen LogP contribution in [0.5, 0.6) is 0 Å². The Morgan fingerprint density at radius 2 is 2.00 bits per heavy atom. The van der Waals surface area contributed by atoms with Gasteiger partial charge in [-0.25, -0.2) is 0 Å². The van der Waals surface area contributed by atoms with Gasteiger partial charge in [-0.3, -0.25) is 0 Å². The molecule has 1 aromatic carbocycles. The third kappa shape index (κ3) is 4.28. The van der Waals surface area contributed by atoms with Crippen molar-refractivity contribution in [2.24, 2.45) is 0 Å². The highest BCUT2D eigenvalue weighted by molar-refractivity contribution is 5.13. The van der Waals surface area contributed by atoms with Gasteiger partial charge in [0.05, 0.1) is 31.0 Å². The largest absolute Gasteiger partial charge is 0.388 e. The molecule has 1 fully saturated rings. The molecule has 0 spiro atoms. The van der Waals surface area contributed by atoms with E-state index in [4.69, 9.17) is 9.47 Å². The Labute approximate surface area is 120 Å². The summed E-state index contributed by atoms with van der Waals surface area (Å²) in [5.41, 5.74) is 0.223. The van der Waals surface area contributed by atoms with Crippen molar-refractivity contribution in [2.75, 3.05) is 6.61 Å². The SMILES string of the molecule is CC(C)(O)[C@@H]1CC[C@@H]([C@@H](O)COCc2ccccc2)O1. The number of hydrogen-bond acceptors (Lipinski definition) is 4. The average molecular weight is 280 g/mol. The van der Waals surface area contributed by atoms with Crippen LogP contribution in [0.1, 0.15) is 32.3 Å². The molecule has 0 radical (unpaired) electrons. The van der Waals surface area contributed by atoms with Crippen LogP contribution in [0.25, 0.3) is 0 Å². The summed E-state index contributed by atoms with van der Waals surface area (Å²) >= 11 is 0. The van der Waals surface area contributed by atoms with E-state index in [1.165, 1.54) is 0 Å². The fourth-order valence-electron chi connectivity index (χ4n) is 2.44. The maximum atomic E-state index is 10.1. The highest BCUT2D eigenvalue weighted by Gasteiger charge is 2.38. The molecule has 1 saturated heterocycles. The Bertz CT molecular complexity index is 399. The second kappa shape index (κ2) is 6.68. The van der Waals surface area contributed by atoms with Gasteiger partial charge in [-0.05, 0) is 32.3 Å². The van der Waals surface area contributed by atoms with Crippen molar-refractivity contribution in [3.8, 4) is 0 Å². The van der Waals surface area contributed by atoms with Crippen molar-refractivity contribution in [2.45, 2.75) is 57.2 Å². The molecule has 2 N–H and O–H groups in total. The molecule has 1 aliphatic heterocycles. The maximum absolute atomic E-state index is 10.1. The zero-order valence-electron chi connectivity index (χ0n) is 12.2. The van der Waals surface area contributed by atoms with Crippen molar-refractivity contribution in [3.63, 3.8) is 0 Å². The molecule has 0 unspecified atom stereocenters. The van der Waals surface area contributed by atoms with Crippen molar-refractivity contribution in [3.05, 3.63) is 35.9 Å². The molecule has 1 aliphatic rings. The van der Waals surface area contributed by atoms with Crippen LogP contribution in [0.4, 0.5) is 0 Å². The van der Waals surface area contributed by atoms with Crippen LogP contribution >= 0.6 is 0 Å². The van der Waals surface area contributed by atoms with Gasteiger partial charge in [0, 0.05) is 0 Å². The molecule has 4 nitrogen and oxygen atoms in total. The van der Waals surface area contributed by atoms with Gasteiger partial charge in [-0.15, -0.1) is 0 Å². The lowest BCUT2D eigenvalue weighted by Crippen LogP contribution is -2.38. The fourth-order valence-corrected chi connectivity index (χ4v) is 2.44. The van der Waals surface area contributed by atoms with Gasteiger partial charge in [0.15, 0.2) is 0 Å². The minimum atomic E-state index is -0.862. The van der Waals surface area contributed by atoms with Gasteiger partial charge >= 0.3 is 0 Å². The zero-order chi connectivity index (χ0) is 14.6. The lowest BCUT2D eigenvalue weighted by Gasteiger charge is -2.26. The first-order valence-corrected chi connectivity index (χ1v) is 7.14. The summed E-state index contributed by atoms with van der Waals surface area (Å²) in [7, 11) is 0. The first-order valence-electron chi connectivity index (χ1n) is 7.14. The van der Waals surface area contributed by atoms with E-state index in [1.54, 1.807) is 13.8 Å².